The van der Waals surface area contributed by atoms with Crippen LogP contribution < -0.4 is 5.73 Å². The van der Waals surface area contributed by atoms with Crippen molar-refractivity contribution in [3.05, 3.63) is 35.4 Å². The van der Waals surface area contributed by atoms with Gasteiger partial charge in [0.15, 0.2) is 0 Å². The van der Waals surface area contributed by atoms with Crippen molar-refractivity contribution in [1.29, 1.82) is 0 Å². The van der Waals surface area contributed by atoms with Crippen LogP contribution in [-0.2, 0) is 6.54 Å². The van der Waals surface area contributed by atoms with Crippen molar-refractivity contribution >= 4 is 7.12 Å². The largest absolute Gasteiger partial charge is 0.451 e. The Labute approximate surface area is 140 Å². The molecular formula is C18H31BN2O2. The fourth-order valence-corrected chi connectivity index (χ4v) is 3.55. The first kappa shape index (κ1) is 18.5. The van der Waals surface area contributed by atoms with Crippen molar-refractivity contribution in [3.63, 3.8) is 0 Å². The molecule has 1 fully saturated rings. The van der Waals surface area contributed by atoms with E-state index in [2.05, 4.69) is 36.1 Å². The molecule has 0 amide bonds. The Morgan fingerprint density at radius 2 is 2.00 bits per heavy atom. The summed E-state index contributed by atoms with van der Waals surface area (Å²) in [6.07, 6.45) is 5.64. The quantitative estimate of drug-likeness (QED) is 0.507. The second kappa shape index (κ2) is 9.43. The van der Waals surface area contributed by atoms with Gasteiger partial charge in [-0.15, -0.1) is 0 Å². The predicted octanol–water partition coefficient (Wildman–Crippen LogP) is 2.18. The molecule has 1 aromatic rings. The molecule has 23 heavy (non-hydrogen) atoms. The van der Waals surface area contributed by atoms with E-state index < -0.39 is 7.12 Å². The van der Waals surface area contributed by atoms with Crippen LogP contribution in [0.25, 0.3) is 0 Å². The molecule has 1 aromatic carbocycles. The van der Waals surface area contributed by atoms with Crippen LogP contribution in [0.3, 0.4) is 0 Å². The number of unbranched alkanes of at least 4 members (excludes halogenated alkanes) is 1. The van der Waals surface area contributed by atoms with Crippen LogP contribution in [0.4, 0.5) is 0 Å². The zero-order valence-corrected chi connectivity index (χ0v) is 14.3. The maximum atomic E-state index is 8.85. The number of piperidine rings is 1. The molecule has 0 aliphatic carbocycles. The van der Waals surface area contributed by atoms with E-state index in [1.807, 2.05) is 0 Å². The number of hydrogen-bond donors (Lipinski definition) is 3. The number of rotatable bonds is 8. The topological polar surface area (TPSA) is 69.7 Å². The lowest BCUT2D eigenvalue weighted by Gasteiger charge is -2.35. The number of likely N-dealkylation sites (tertiary alicyclic amines) is 1. The van der Waals surface area contributed by atoms with Crippen molar-refractivity contribution < 1.29 is 10.0 Å². The van der Waals surface area contributed by atoms with Gasteiger partial charge in [0.25, 0.3) is 0 Å². The van der Waals surface area contributed by atoms with E-state index in [1.54, 1.807) is 0 Å². The van der Waals surface area contributed by atoms with Gasteiger partial charge in [0.05, 0.1) is 0 Å². The molecule has 0 saturated carbocycles. The molecule has 1 atom stereocenters. The zero-order valence-electron chi connectivity index (χ0n) is 14.3. The smallest absolute Gasteiger partial charge is 0.427 e. The Kier molecular flexibility index (Phi) is 7.57. The Hall–Kier alpha value is -0.875. The molecule has 0 bridgehead atoms. The summed E-state index contributed by atoms with van der Waals surface area (Å²) in [7, 11) is -1.17. The minimum atomic E-state index is -1.17. The van der Waals surface area contributed by atoms with Gasteiger partial charge in [0.2, 0.25) is 0 Å². The first-order valence-electron chi connectivity index (χ1n) is 8.94. The van der Waals surface area contributed by atoms with Crippen molar-refractivity contribution in [2.45, 2.75) is 57.9 Å². The first-order valence-corrected chi connectivity index (χ1v) is 8.94. The van der Waals surface area contributed by atoms with Crippen molar-refractivity contribution in [2.75, 3.05) is 13.1 Å². The van der Waals surface area contributed by atoms with Gasteiger partial charge < -0.3 is 15.8 Å². The van der Waals surface area contributed by atoms with Crippen LogP contribution in [-0.4, -0.2) is 41.2 Å². The van der Waals surface area contributed by atoms with E-state index >= 15 is 0 Å². The highest BCUT2D eigenvalue weighted by molar-refractivity contribution is 6.40. The molecule has 1 saturated heterocycles. The van der Waals surface area contributed by atoms with Crippen LogP contribution >= 0.6 is 0 Å². The Balaban J connectivity index is 1.67. The van der Waals surface area contributed by atoms with Gasteiger partial charge in [0, 0.05) is 12.6 Å². The monoisotopic (exact) mass is 318 g/mol. The Morgan fingerprint density at radius 3 is 2.65 bits per heavy atom. The van der Waals surface area contributed by atoms with E-state index in [1.165, 1.54) is 24.0 Å². The second-order valence-corrected chi connectivity index (χ2v) is 7.03. The average molecular weight is 318 g/mol. The maximum Gasteiger partial charge on any atom is 0.451 e. The summed E-state index contributed by atoms with van der Waals surface area (Å²) in [5.74, 6) is 0.614. The van der Waals surface area contributed by atoms with Gasteiger partial charge in [-0.3, -0.25) is 4.90 Å². The summed E-state index contributed by atoms with van der Waals surface area (Å²) in [5.41, 5.74) is 9.06. The molecule has 5 heteroatoms. The highest BCUT2D eigenvalue weighted by atomic mass is 16.4. The minimum Gasteiger partial charge on any atom is -0.427 e. The molecule has 0 spiro atoms. The predicted molar refractivity (Wildman–Crippen MR) is 96.0 cm³/mol. The van der Waals surface area contributed by atoms with Gasteiger partial charge in [-0.1, -0.05) is 42.7 Å². The van der Waals surface area contributed by atoms with E-state index in [0.29, 0.717) is 12.2 Å². The minimum absolute atomic E-state index is 0.256. The van der Waals surface area contributed by atoms with E-state index in [9.17, 15) is 0 Å². The lowest BCUT2D eigenvalue weighted by atomic mass is 9.82. The van der Waals surface area contributed by atoms with Crippen molar-refractivity contribution in [3.8, 4) is 0 Å². The number of hydrogen-bond acceptors (Lipinski definition) is 4. The molecule has 0 aromatic heterocycles. The van der Waals surface area contributed by atoms with E-state index in [4.69, 9.17) is 15.8 Å². The number of nitrogens with two attached hydrogens (primary N) is 1. The number of benzene rings is 1. The molecule has 1 unspecified atom stereocenters. The third kappa shape index (κ3) is 6.64. The molecular weight excluding hydrogens is 287 g/mol. The first-order chi connectivity index (χ1) is 11.0. The summed E-state index contributed by atoms with van der Waals surface area (Å²) >= 11 is 0. The third-order valence-electron chi connectivity index (χ3n) is 4.98. The maximum absolute atomic E-state index is 8.85. The van der Waals surface area contributed by atoms with E-state index in [0.717, 1.165) is 38.9 Å². The Morgan fingerprint density at radius 1 is 1.26 bits per heavy atom. The fraction of sp³-hybridized carbons (Fsp3) is 0.667. The van der Waals surface area contributed by atoms with Crippen LogP contribution in [0.2, 0.25) is 6.32 Å². The van der Waals surface area contributed by atoms with Crippen LogP contribution in [0.1, 0.15) is 43.2 Å². The summed E-state index contributed by atoms with van der Waals surface area (Å²) in [6, 6.07) is 9.02. The summed E-state index contributed by atoms with van der Waals surface area (Å²) < 4.78 is 0. The highest BCUT2D eigenvalue weighted by Gasteiger charge is 2.24. The van der Waals surface area contributed by atoms with Gasteiger partial charge >= 0.3 is 7.12 Å². The number of nitrogens with zero attached hydrogens (tertiary/aromatic N) is 1. The lowest BCUT2D eigenvalue weighted by Crippen LogP contribution is -2.40. The van der Waals surface area contributed by atoms with Gasteiger partial charge in [0.1, 0.15) is 0 Å². The molecule has 1 heterocycles. The molecule has 128 valence electrons. The molecule has 1 aliphatic heterocycles. The van der Waals surface area contributed by atoms with Gasteiger partial charge in [-0.2, -0.15) is 0 Å². The molecule has 1 aliphatic rings. The molecule has 2 rings (SSSR count). The van der Waals surface area contributed by atoms with E-state index in [-0.39, 0.29) is 6.04 Å². The Bertz CT molecular complexity index is 462. The molecule has 4 nitrogen and oxygen atoms in total. The van der Waals surface area contributed by atoms with Gasteiger partial charge in [-0.05, 0) is 57.1 Å². The fourth-order valence-electron chi connectivity index (χ4n) is 3.55. The van der Waals surface area contributed by atoms with Crippen LogP contribution in [0, 0.1) is 12.8 Å². The normalized spacial score (nSPS) is 18.1. The number of aryl methyl sites for hydroxylation is 1. The summed E-state index contributed by atoms with van der Waals surface area (Å²) in [5, 5.41) is 17.7. The SMILES string of the molecule is Cc1cccc(CN2CCC(C(N)CCCCB(O)O)CC2)c1. The van der Waals surface area contributed by atoms with Crippen molar-refractivity contribution in [2.24, 2.45) is 11.7 Å². The summed E-state index contributed by atoms with van der Waals surface area (Å²) in [6.45, 7) is 5.44. The lowest BCUT2D eigenvalue weighted by molar-refractivity contribution is 0.159. The van der Waals surface area contributed by atoms with Gasteiger partial charge in [-0.25, -0.2) is 0 Å². The molecule has 4 N–H and O–H groups in total. The van der Waals surface area contributed by atoms with Crippen molar-refractivity contribution in [1.82, 2.24) is 4.90 Å². The van der Waals surface area contributed by atoms with Crippen LogP contribution in [0.15, 0.2) is 24.3 Å². The average Bonchev–Trinajstić information content (AvgIpc) is 2.52. The summed E-state index contributed by atoms with van der Waals surface area (Å²) in [4.78, 5) is 2.53. The highest BCUT2D eigenvalue weighted by Crippen LogP contribution is 2.24. The zero-order chi connectivity index (χ0) is 16.7. The second-order valence-electron chi connectivity index (χ2n) is 7.03. The molecule has 0 radical (unpaired) electrons. The van der Waals surface area contributed by atoms with Crippen LogP contribution in [0.5, 0.6) is 0 Å². The standard InChI is InChI=1S/C18H31BN2O2/c1-15-5-4-6-16(13-15)14-21-11-8-17(9-12-21)18(20)7-2-3-10-19(22)23/h4-6,13,17-18,22-23H,2-3,7-12,14,20H2,1H3. The third-order valence-corrected chi connectivity index (χ3v) is 4.98.